The van der Waals surface area contributed by atoms with Crippen molar-refractivity contribution in [1.82, 2.24) is 15.2 Å². The number of hydrogen-bond acceptors (Lipinski definition) is 5. The van der Waals surface area contributed by atoms with E-state index in [0.717, 1.165) is 0 Å². The lowest BCUT2D eigenvalue weighted by Crippen LogP contribution is -2.35. The summed E-state index contributed by atoms with van der Waals surface area (Å²) >= 11 is 5.92. The Balaban J connectivity index is 1.91. The van der Waals surface area contributed by atoms with E-state index in [0.29, 0.717) is 10.6 Å². The molecule has 0 saturated carbocycles. The summed E-state index contributed by atoms with van der Waals surface area (Å²) in [5, 5.41) is 6.54. The molecule has 0 bridgehead atoms. The average molecular weight is 358 g/mol. The molecule has 0 fully saturated rings. The molecule has 1 heterocycles. The van der Waals surface area contributed by atoms with Crippen LogP contribution in [0.25, 0.3) is 0 Å². The molecular weight excluding hydrogens is 342 g/mol. The van der Waals surface area contributed by atoms with Crippen LogP contribution in [0, 0.1) is 13.8 Å². The highest BCUT2D eigenvalue weighted by molar-refractivity contribution is 7.89. The zero-order valence-electron chi connectivity index (χ0n) is 12.6. The standard InChI is InChI=1S/C14H16ClN3O4S/c1-9-13(10(2)22-18-9)23(20,21)17-8-7-16-14(19)11-5-3-4-6-12(11)15/h3-6,17H,7-8H2,1-2H3,(H,16,19). The fourth-order valence-electron chi connectivity index (χ4n) is 2.03. The topological polar surface area (TPSA) is 101 Å². The van der Waals surface area contributed by atoms with Gasteiger partial charge in [-0.3, -0.25) is 4.79 Å². The van der Waals surface area contributed by atoms with Crippen LogP contribution in [0.15, 0.2) is 33.7 Å². The van der Waals surface area contributed by atoms with Gasteiger partial charge in [0.25, 0.3) is 5.91 Å². The highest BCUT2D eigenvalue weighted by Gasteiger charge is 2.23. The maximum absolute atomic E-state index is 12.2. The summed E-state index contributed by atoms with van der Waals surface area (Å²) in [5.41, 5.74) is 0.623. The molecule has 0 unspecified atom stereocenters. The maximum Gasteiger partial charge on any atom is 0.252 e. The molecule has 0 spiro atoms. The number of sulfonamides is 1. The monoisotopic (exact) mass is 357 g/mol. The van der Waals surface area contributed by atoms with E-state index in [1.165, 1.54) is 6.92 Å². The lowest BCUT2D eigenvalue weighted by Gasteiger charge is -2.08. The minimum Gasteiger partial charge on any atom is -0.360 e. The van der Waals surface area contributed by atoms with Gasteiger partial charge in [0.05, 0.1) is 10.6 Å². The van der Waals surface area contributed by atoms with E-state index >= 15 is 0 Å². The smallest absolute Gasteiger partial charge is 0.252 e. The SMILES string of the molecule is Cc1noc(C)c1S(=O)(=O)NCCNC(=O)c1ccccc1Cl. The van der Waals surface area contributed by atoms with Crippen molar-refractivity contribution in [1.29, 1.82) is 0 Å². The minimum atomic E-state index is -3.73. The Bertz CT molecular complexity index is 798. The third-order valence-electron chi connectivity index (χ3n) is 3.06. The van der Waals surface area contributed by atoms with Gasteiger partial charge in [0.15, 0.2) is 5.76 Å². The van der Waals surface area contributed by atoms with Crippen LogP contribution in [0.1, 0.15) is 21.8 Å². The summed E-state index contributed by atoms with van der Waals surface area (Å²) < 4.78 is 31.6. The number of carbonyl (C=O) groups excluding carboxylic acids is 1. The average Bonchev–Trinajstić information content (AvgIpc) is 2.83. The molecule has 124 valence electrons. The molecule has 7 nitrogen and oxygen atoms in total. The van der Waals surface area contributed by atoms with E-state index in [2.05, 4.69) is 15.2 Å². The number of benzene rings is 1. The number of nitrogens with zero attached hydrogens (tertiary/aromatic N) is 1. The predicted octanol–water partition coefficient (Wildman–Crippen LogP) is 1.65. The fourth-order valence-corrected chi connectivity index (χ4v) is 3.61. The Morgan fingerprint density at radius 2 is 1.96 bits per heavy atom. The first-order chi connectivity index (χ1) is 10.8. The minimum absolute atomic E-state index is 0.0231. The number of rotatable bonds is 6. The summed E-state index contributed by atoms with van der Waals surface area (Å²) in [6, 6.07) is 6.61. The zero-order valence-corrected chi connectivity index (χ0v) is 14.2. The fraction of sp³-hybridized carbons (Fsp3) is 0.286. The molecule has 1 amide bonds. The molecule has 1 aromatic carbocycles. The second-order valence-electron chi connectivity index (χ2n) is 4.79. The highest BCUT2D eigenvalue weighted by Crippen LogP contribution is 2.18. The molecule has 0 aliphatic carbocycles. The Morgan fingerprint density at radius 1 is 1.26 bits per heavy atom. The van der Waals surface area contributed by atoms with Crippen molar-refractivity contribution in [2.45, 2.75) is 18.7 Å². The number of nitrogens with one attached hydrogen (secondary N) is 2. The summed E-state index contributed by atoms with van der Waals surface area (Å²) in [6.07, 6.45) is 0. The number of halogens is 1. The van der Waals surface area contributed by atoms with Gasteiger partial charge in [-0.05, 0) is 26.0 Å². The molecule has 2 aromatic rings. The molecule has 2 N–H and O–H groups in total. The molecule has 2 rings (SSSR count). The van der Waals surface area contributed by atoms with Gasteiger partial charge in [-0.25, -0.2) is 13.1 Å². The molecular formula is C14H16ClN3O4S. The van der Waals surface area contributed by atoms with E-state index in [1.807, 2.05) is 0 Å². The molecule has 9 heteroatoms. The summed E-state index contributed by atoms with van der Waals surface area (Å²) in [7, 11) is -3.73. The number of hydrogen-bond donors (Lipinski definition) is 2. The Hall–Kier alpha value is -1.90. The third kappa shape index (κ3) is 4.10. The van der Waals surface area contributed by atoms with Crippen LogP contribution < -0.4 is 10.0 Å². The van der Waals surface area contributed by atoms with Gasteiger partial charge in [0.1, 0.15) is 10.6 Å². The van der Waals surface area contributed by atoms with Crippen molar-refractivity contribution < 1.29 is 17.7 Å². The third-order valence-corrected chi connectivity index (χ3v) is 5.09. The van der Waals surface area contributed by atoms with Crippen LogP contribution in [-0.2, 0) is 10.0 Å². The van der Waals surface area contributed by atoms with Crippen LogP contribution in [0.5, 0.6) is 0 Å². The van der Waals surface area contributed by atoms with E-state index in [1.54, 1.807) is 31.2 Å². The lowest BCUT2D eigenvalue weighted by atomic mass is 10.2. The number of amides is 1. The quantitative estimate of drug-likeness (QED) is 0.765. The van der Waals surface area contributed by atoms with Crippen molar-refractivity contribution in [2.24, 2.45) is 0 Å². The summed E-state index contributed by atoms with van der Waals surface area (Å²) in [6.45, 7) is 3.22. The molecule has 23 heavy (non-hydrogen) atoms. The largest absolute Gasteiger partial charge is 0.360 e. The van der Waals surface area contributed by atoms with E-state index in [4.69, 9.17) is 16.1 Å². The highest BCUT2D eigenvalue weighted by atomic mass is 35.5. The second kappa shape index (κ2) is 7.12. The van der Waals surface area contributed by atoms with Crippen LogP contribution in [0.4, 0.5) is 0 Å². The first-order valence-corrected chi connectivity index (χ1v) is 8.64. The summed E-state index contributed by atoms with van der Waals surface area (Å²) in [4.78, 5) is 12.0. The maximum atomic E-state index is 12.2. The number of aryl methyl sites for hydroxylation is 2. The molecule has 0 aliphatic rings. The number of carbonyl (C=O) groups is 1. The van der Waals surface area contributed by atoms with Gasteiger partial charge in [-0.1, -0.05) is 28.9 Å². The zero-order chi connectivity index (χ0) is 17.0. The molecule has 0 aliphatic heterocycles. The van der Waals surface area contributed by atoms with E-state index < -0.39 is 10.0 Å². The Kier molecular flexibility index (Phi) is 5.40. The van der Waals surface area contributed by atoms with Gasteiger partial charge < -0.3 is 9.84 Å². The molecule has 1 aromatic heterocycles. The number of aromatic nitrogens is 1. The van der Waals surface area contributed by atoms with Crippen molar-refractivity contribution in [2.75, 3.05) is 13.1 Å². The van der Waals surface area contributed by atoms with Gasteiger partial charge in [-0.2, -0.15) is 0 Å². The van der Waals surface area contributed by atoms with Crippen molar-refractivity contribution in [3.05, 3.63) is 46.3 Å². The van der Waals surface area contributed by atoms with Gasteiger partial charge >= 0.3 is 0 Å². The van der Waals surface area contributed by atoms with E-state index in [-0.39, 0.29) is 35.3 Å². The van der Waals surface area contributed by atoms with Gasteiger partial charge in [-0.15, -0.1) is 0 Å². The van der Waals surface area contributed by atoms with Crippen LogP contribution in [0.3, 0.4) is 0 Å². The van der Waals surface area contributed by atoms with Crippen molar-refractivity contribution in [3.63, 3.8) is 0 Å². The lowest BCUT2D eigenvalue weighted by molar-refractivity contribution is 0.0954. The molecule has 0 radical (unpaired) electrons. The van der Waals surface area contributed by atoms with Crippen LogP contribution >= 0.6 is 11.6 Å². The first-order valence-electron chi connectivity index (χ1n) is 6.78. The van der Waals surface area contributed by atoms with Gasteiger partial charge in [0.2, 0.25) is 10.0 Å². The van der Waals surface area contributed by atoms with Crippen molar-refractivity contribution in [3.8, 4) is 0 Å². The molecule has 0 saturated heterocycles. The van der Waals surface area contributed by atoms with Crippen LogP contribution in [0.2, 0.25) is 5.02 Å². The van der Waals surface area contributed by atoms with E-state index in [9.17, 15) is 13.2 Å². The summed E-state index contributed by atoms with van der Waals surface area (Å²) in [5.74, 6) is -0.151. The predicted molar refractivity (Wildman–Crippen MR) is 85.0 cm³/mol. The second-order valence-corrected chi connectivity index (χ2v) is 6.90. The Labute approximate surface area is 139 Å². The first kappa shape index (κ1) is 17.5. The van der Waals surface area contributed by atoms with Crippen molar-refractivity contribution >= 4 is 27.5 Å². The Morgan fingerprint density at radius 3 is 2.57 bits per heavy atom. The van der Waals surface area contributed by atoms with Gasteiger partial charge in [0, 0.05) is 13.1 Å². The van der Waals surface area contributed by atoms with Crippen LogP contribution in [-0.4, -0.2) is 32.6 Å². The normalized spacial score (nSPS) is 11.4. The molecule has 0 atom stereocenters.